The van der Waals surface area contributed by atoms with E-state index >= 15 is 0 Å². The molecule has 0 spiro atoms. The highest BCUT2D eigenvalue weighted by molar-refractivity contribution is 5.62. The molecule has 1 N–H and O–H groups in total. The van der Waals surface area contributed by atoms with Gasteiger partial charge in [-0.05, 0) is 37.0 Å². The highest BCUT2D eigenvalue weighted by Gasteiger charge is 2.38. The van der Waals surface area contributed by atoms with E-state index in [9.17, 15) is 5.11 Å². The number of hydrogen-bond acceptors (Lipinski definition) is 3. The SMILES string of the molecule is OC1CCN(CC2=Cc3ccccc3OC2)C2CCCCC12. The fraction of sp³-hybridized carbons (Fsp3) is 0.579. The van der Waals surface area contributed by atoms with Crippen LogP contribution >= 0.6 is 0 Å². The van der Waals surface area contributed by atoms with Crippen molar-refractivity contribution in [3.05, 3.63) is 35.4 Å². The van der Waals surface area contributed by atoms with Gasteiger partial charge in [0, 0.05) is 30.6 Å². The lowest BCUT2D eigenvalue weighted by molar-refractivity contribution is -0.0326. The van der Waals surface area contributed by atoms with Gasteiger partial charge in [-0.15, -0.1) is 0 Å². The Morgan fingerprint density at radius 2 is 2.00 bits per heavy atom. The highest BCUT2D eigenvalue weighted by Crippen LogP contribution is 2.36. The second-order valence-electron chi connectivity index (χ2n) is 6.97. The van der Waals surface area contributed by atoms with Crippen molar-refractivity contribution in [1.29, 1.82) is 0 Å². The number of benzene rings is 1. The van der Waals surface area contributed by atoms with Gasteiger partial charge in [-0.2, -0.15) is 0 Å². The maximum absolute atomic E-state index is 10.3. The average Bonchev–Trinajstić information content (AvgIpc) is 2.58. The molecule has 22 heavy (non-hydrogen) atoms. The smallest absolute Gasteiger partial charge is 0.127 e. The summed E-state index contributed by atoms with van der Waals surface area (Å²) in [5.41, 5.74) is 2.56. The van der Waals surface area contributed by atoms with Crippen molar-refractivity contribution in [2.75, 3.05) is 19.7 Å². The van der Waals surface area contributed by atoms with Gasteiger partial charge in [-0.1, -0.05) is 31.0 Å². The molecule has 1 aliphatic carbocycles. The Labute approximate surface area is 132 Å². The number of rotatable bonds is 2. The van der Waals surface area contributed by atoms with E-state index in [0.29, 0.717) is 18.6 Å². The predicted molar refractivity (Wildman–Crippen MR) is 87.9 cm³/mol. The second-order valence-corrected chi connectivity index (χ2v) is 6.97. The Hall–Kier alpha value is -1.32. The normalized spacial score (nSPS) is 31.7. The first-order valence-corrected chi connectivity index (χ1v) is 8.64. The van der Waals surface area contributed by atoms with Crippen LogP contribution < -0.4 is 4.74 Å². The van der Waals surface area contributed by atoms with Gasteiger partial charge >= 0.3 is 0 Å². The second kappa shape index (κ2) is 6.05. The minimum absolute atomic E-state index is 0.0844. The predicted octanol–water partition coefficient (Wildman–Crippen LogP) is 3.09. The number of hydrogen-bond donors (Lipinski definition) is 1. The van der Waals surface area contributed by atoms with Crippen molar-refractivity contribution in [1.82, 2.24) is 4.90 Å². The number of piperidine rings is 1. The summed E-state index contributed by atoms with van der Waals surface area (Å²) in [6.45, 7) is 2.71. The van der Waals surface area contributed by atoms with Crippen molar-refractivity contribution in [2.45, 2.75) is 44.2 Å². The van der Waals surface area contributed by atoms with Crippen LogP contribution in [0, 0.1) is 5.92 Å². The van der Waals surface area contributed by atoms with Gasteiger partial charge in [0.2, 0.25) is 0 Å². The molecule has 1 aromatic rings. The van der Waals surface area contributed by atoms with E-state index in [1.54, 1.807) is 0 Å². The summed E-state index contributed by atoms with van der Waals surface area (Å²) in [5.74, 6) is 1.48. The Kier molecular flexibility index (Phi) is 3.93. The maximum atomic E-state index is 10.3. The van der Waals surface area contributed by atoms with Crippen molar-refractivity contribution in [3.8, 4) is 5.75 Å². The molecule has 3 heteroatoms. The van der Waals surface area contributed by atoms with E-state index in [4.69, 9.17) is 4.74 Å². The molecule has 4 rings (SSSR count). The molecule has 2 heterocycles. The molecule has 1 saturated carbocycles. The molecule has 0 bridgehead atoms. The lowest BCUT2D eigenvalue weighted by Gasteiger charge is -2.47. The molecule has 0 radical (unpaired) electrons. The van der Waals surface area contributed by atoms with Gasteiger partial charge in [0.25, 0.3) is 0 Å². The molecule has 3 aliphatic rings. The third kappa shape index (κ3) is 2.68. The molecule has 3 unspecified atom stereocenters. The van der Waals surface area contributed by atoms with Gasteiger partial charge in [0.05, 0.1) is 6.10 Å². The van der Waals surface area contributed by atoms with Gasteiger partial charge in [-0.3, -0.25) is 4.90 Å². The Morgan fingerprint density at radius 3 is 2.95 bits per heavy atom. The third-order valence-corrected chi connectivity index (χ3v) is 5.55. The van der Waals surface area contributed by atoms with Crippen molar-refractivity contribution < 1.29 is 9.84 Å². The zero-order valence-electron chi connectivity index (χ0n) is 13.1. The number of nitrogens with zero attached hydrogens (tertiary/aromatic N) is 1. The van der Waals surface area contributed by atoms with E-state index in [1.165, 1.54) is 36.8 Å². The monoisotopic (exact) mass is 299 g/mol. The van der Waals surface area contributed by atoms with Crippen LogP contribution in [0.15, 0.2) is 29.8 Å². The number of ether oxygens (including phenoxy) is 1. The lowest BCUT2D eigenvalue weighted by atomic mass is 9.76. The minimum Gasteiger partial charge on any atom is -0.489 e. The summed E-state index contributed by atoms with van der Waals surface area (Å²) >= 11 is 0. The van der Waals surface area contributed by atoms with Crippen LogP contribution in [0.3, 0.4) is 0 Å². The van der Waals surface area contributed by atoms with E-state index in [-0.39, 0.29) is 6.10 Å². The summed E-state index contributed by atoms with van der Waals surface area (Å²) in [7, 11) is 0. The molecule has 1 aromatic carbocycles. The summed E-state index contributed by atoms with van der Waals surface area (Å²) < 4.78 is 5.89. The maximum Gasteiger partial charge on any atom is 0.127 e. The summed E-state index contributed by atoms with van der Waals surface area (Å²) in [6.07, 6.45) is 8.16. The van der Waals surface area contributed by atoms with E-state index < -0.39 is 0 Å². The van der Waals surface area contributed by atoms with E-state index in [1.807, 2.05) is 12.1 Å². The van der Waals surface area contributed by atoms with Crippen LogP contribution in [0.4, 0.5) is 0 Å². The van der Waals surface area contributed by atoms with Crippen LogP contribution in [-0.2, 0) is 0 Å². The Morgan fingerprint density at radius 1 is 1.14 bits per heavy atom. The van der Waals surface area contributed by atoms with Gasteiger partial charge in [-0.25, -0.2) is 0 Å². The largest absolute Gasteiger partial charge is 0.489 e. The van der Waals surface area contributed by atoms with E-state index in [0.717, 1.165) is 25.3 Å². The number of likely N-dealkylation sites (tertiary alicyclic amines) is 1. The Balaban J connectivity index is 1.50. The van der Waals surface area contributed by atoms with Crippen LogP contribution in [0.2, 0.25) is 0 Å². The summed E-state index contributed by atoms with van der Waals surface area (Å²) in [4.78, 5) is 2.60. The minimum atomic E-state index is -0.0844. The van der Waals surface area contributed by atoms with Crippen LogP contribution in [-0.4, -0.2) is 41.8 Å². The molecule has 118 valence electrons. The highest BCUT2D eigenvalue weighted by atomic mass is 16.5. The van der Waals surface area contributed by atoms with Crippen molar-refractivity contribution in [2.24, 2.45) is 5.92 Å². The number of fused-ring (bicyclic) bond motifs is 2. The third-order valence-electron chi connectivity index (χ3n) is 5.55. The molecule has 2 aliphatic heterocycles. The van der Waals surface area contributed by atoms with Crippen molar-refractivity contribution in [3.63, 3.8) is 0 Å². The van der Waals surface area contributed by atoms with Gasteiger partial charge < -0.3 is 9.84 Å². The van der Waals surface area contributed by atoms with Gasteiger partial charge in [0.15, 0.2) is 0 Å². The summed E-state index contributed by atoms with van der Waals surface area (Å²) in [6, 6.07) is 8.82. The topological polar surface area (TPSA) is 32.7 Å². The van der Waals surface area contributed by atoms with Crippen LogP contribution in [0.1, 0.15) is 37.7 Å². The average molecular weight is 299 g/mol. The Bertz CT molecular complexity index is 568. The first-order valence-electron chi connectivity index (χ1n) is 8.64. The molecule has 1 saturated heterocycles. The van der Waals surface area contributed by atoms with Crippen molar-refractivity contribution >= 4 is 6.08 Å². The number of para-hydroxylation sites is 1. The standard InChI is InChI=1S/C19H25NO2/c21-18-9-10-20(17-7-3-2-6-16(17)18)12-14-11-15-5-1-4-8-19(15)22-13-14/h1,4-5,8,11,16-18,21H,2-3,6-7,9-10,12-13H2. The first-order chi connectivity index (χ1) is 10.8. The fourth-order valence-electron chi connectivity index (χ4n) is 4.43. The zero-order chi connectivity index (χ0) is 14.9. The zero-order valence-corrected chi connectivity index (χ0v) is 13.1. The molecule has 0 amide bonds. The molecule has 3 nitrogen and oxygen atoms in total. The quantitative estimate of drug-likeness (QED) is 0.911. The number of aliphatic hydroxyl groups is 1. The van der Waals surface area contributed by atoms with Gasteiger partial charge in [0.1, 0.15) is 12.4 Å². The van der Waals surface area contributed by atoms with Crippen LogP contribution in [0.25, 0.3) is 6.08 Å². The number of aliphatic hydroxyl groups excluding tert-OH is 1. The van der Waals surface area contributed by atoms with Crippen LogP contribution in [0.5, 0.6) is 5.75 Å². The first kappa shape index (κ1) is 14.3. The fourth-order valence-corrected chi connectivity index (χ4v) is 4.43. The van der Waals surface area contributed by atoms with E-state index in [2.05, 4.69) is 23.1 Å². The summed E-state index contributed by atoms with van der Waals surface area (Å²) in [5, 5.41) is 10.3. The molecule has 3 atom stereocenters. The lowest BCUT2D eigenvalue weighted by Crippen LogP contribution is -2.53. The molecule has 0 aromatic heterocycles. The molecular formula is C19H25NO2. The molecular weight excluding hydrogens is 274 g/mol. The molecule has 2 fully saturated rings.